The van der Waals surface area contributed by atoms with Gasteiger partial charge >= 0.3 is 0 Å². The van der Waals surface area contributed by atoms with E-state index in [1.54, 1.807) is 13.8 Å². The van der Waals surface area contributed by atoms with E-state index in [1.807, 2.05) is 0 Å². The van der Waals surface area contributed by atoms with Gasteiger partial charge in [0.05, 0.1) is 10.7 Å². The maximum atomic E-state index is 13.0. The van der Waals surface area contributed by atoms with Crippen LogP contribution >= 0.6 is 0 Å². The van der Waals surface area contributed by atoms with Crippen LogP contribution in [0.1, 0.15) is 18.9 Å². The van der Waals surface area contributed by atoms with Crippen LogP contribution in [0, 0.1) is 18.2 Å². The minimum atomic E-state index is -3.68. The Morgan fingerprint density at radius 2 is 2.11 bits per heavy atom. The molecule has 0 spiro atoms. The Hall–Kier alpha value is -1.47. The molecule has 0 aliphatic rings. The van der Waals surface area contributed by atoms with Crippen molar-refractivity contribution in [2.75, 3.05) is 13.1 Å². The SMILES string of the molecule is CCN(CCC(=N)N)S(=O)(=O)c1ccc(F)cc1C. The summed E-state index contributed by atoms with van der Waals surface area (Å²) >= 11 is 0. The number of hydrogen-bond acceptors (Lipinski definition) is 3. The Morgan fingerprint density at radius 1 is 1.47 bits per heavy atom. The predicted molar refractivity (Wildman–Crippen MR) is 72.1 cm³/mol. The van der Waals surface area contributed by atoms with Gasteiger partial charge in [-0.1, -0.05) is 6.92 Å². The molecule has 5 nitrogen and oxygen atoms in total. The zero-order valence-electron chi connectivity index (χ0n) is 11.0. The molecule has 3 N–H and O–H groups in total. The van der Waals surface area contributed by atoms with E-state index in [9.17, 15) is 12.8 Å². The molecule has 0 radical (unpaired) electrons. The molecule has 0 unspecified atom stereocenters. The maximum absolute atomic E-state index is 13.0. The number of hydrogen-bond donors (Lipinski definition) is 2. The highest BCUT2D eigenvalue weighted by Gasteiger charge is 2.24. The molecular formula is C12H18FN3O2S. The molecule has 1 aromatic carbocycles. The summed E-state index contributed by atoms with van der Waals surface area (Å²) in [5, 5.41) is 7.15. The quantitative estimate of drug-likeness (QED) is 0.613. The first-order valence-electron chi connectivity index (χ1n) is 5.88. The molecule has 1 rings (SSSR count). The van der Waals surface area contributed by atoms with E-state index in [1.165, 1.54) is 16.4 Å². The van der Waals surface area contributed by atoms with Crippen molar-refractivity contribution in [2.24, 2.45) is 5.73 Å². The van der Waals surface area contributed by atoms with Gasteiger partial charge in [0.2, 0.25) is 10.0 Å². The number of amidine groups is 1. The molecule has 7 heteroatoms. The first-order valence-corrected chi connectivity index (χ1v) is 7.32. The van der Waals surface area contributed by atoms with E-state index < -0.39 is 15.8 Å². The molecule has 0 aliphatic carbocycles. The zero-order chi connectivity index (χ0) is 14.6. The van der Waals surface area contributed by atoms with E-state index >= 15 is 0 Å². The molecule has 0 aromatic heterocycles. The molecule has 0 saturated heterocycles. The highest BCUT2D eigenvalue weighted by Crippen LogP contribution is 2.20. The van der Waals surface area contributed by atoms with Crippen LogP contribution < -0.4 is 5.73 Å². The number of nitrogens with two attached hydrogens (primary N) is 1. The Balaban J connectivity index is 3.09. The van der Waals surface area contributed by atoms with E-state index in [0.717, 1.165) is 6.07 Å². The second kappa shape index (κ2) is 6.12. The topological polar surface area (TPSA) is 87.2 Å². The van der Waals surface area contributed by atoms with Crippen molar-refractivity contribution < 1.29 is 12.8 Å². The Kier molecular flexibility index (Phi) is 5.02. The summed E-state index contributed by atoms with van der Waals surface area (Å²) in [4.78, 5) is 0.0827. The normalized spacial score (nSPS) is 11.8. The lowest BCUT2D eigenvalue weighted by Crippen LogP contribution is -2.34. The van der Waals surface area contributed by atoms with Crippen molar-refractivity contribution in [1.82, 2.24) is 4.31 Å². The highest BCUT2D eigenvalue weighted by atomic mass is 32.2. The molecule has 0 heterocycles. The van der Waals surface area contributed by atoms with Crippen LogP contribution in [0.3, 0.4) is 0 Å². The van der Waals surface area contributed by atoms with Crippen LogP contribution in [-0.4, -0.2) is 31.6 Å². The number of benzene rings is 1. The fourth-order valence-electron chi connectivity index (χ4n) is 1.73. The molecule has 0 aliphatic heterocycles. The lowest BCUT2D eigenvalue weighted by Gasteiger charge is -2.21. The second-order valence-corrected chi connectivity index (χ2v) is 6.09. The highest BCUT2D eigenvalue weighted by molar-refractivity contribution is 7.89. The molecule has 0 atom stereocenters. The van der Waals surface area contributed by atoms with E-state index in [4.69, 9.17) is 11.1 Å². The molecule has 1 aromatic rings. The molecular weight excluding hydrogens is 269 g/mol. The average Bonchev–Trinajstić information content (AvgIpc) is 2.28. The van der Waals surface area contributed by atoms with Gasteiger partial charge < -0.3 is 5.73 Å². The number of nitrogens with one attached hydrogen (secondary N) is 1. The monoisotopic (exact) mass is 287 g/mol. The Labute approximate surface area is 112 Å². The van der Waals surface area contributed by atoms with Crippen molar-refractivity contribution in [3.05, 3.63) is 29.6 Å². The number of halogens is 1. The average molecular weight is 287 g/mol. The Morgan fingerprint density at radius 3 is 2.58 bits per heavy atom. The molecule has 0 bridgehead atoms. The van der Waals surface area contributed by atoms with Crippen LogP contribution in [0.4, 0.5) is 4.39 Å². The van der Waals surface area contributed by atoms with Crippen molar-refractivity contribution >= 4 is 15.9 Å². The molecule has 0 amide bonds. The summed E-state index contributed by atoms with van der Waals surface area (Å²) in [6.45, 7) is 3.67. The number of rotatable bonds is 6. The zero-order valence-corrected chi connectivity index (χ0v) is 11.8. The summed E-state index contributed by atoms with van der Waals surface area (Å²) in [5.74, 6) is -0.535. The molecule has 0 saturated carbocycles. The van der Waals surface area contributed by atoms with Gasteiger partial charge in [0, 0.05) is 19.5 Å². The van der Waals surface area contributed by atoms with Gasteiger partial charge in [-0.05, 0) is 30.7 Å². The van der Waals surface area contributed by atoms with Crippen molar-refractivity contribution in [3.8, 4) is 0 Å². The lowest BCUT2D eigenvalue weighted by molar-refractivity contribution is 0.436. The van der Waals surface area contributed by atoms with Crippen molar-refractivity contribution in [2.45, 2.75) is 25.2 Å². The van der Waals surface area contributed by atoms with E-state index in [0.29, 0.717) is 5.56 Å². The minimum Gasteiger partial charge on any atom is -0.388 e. The van der Waals surface area contributed by atoms with E-state index in [2.05, 4.69) is 0 Å². The first-order chi connectivity index (χ1) is 8.78. The summed E-state index contributed by atoms with van der Waals surface area (Å²) < 4.78 is 39.1. The van der Waals surface area contributed by atoms with Crippen molar-refractivity contribution in [3.63, 3.8) is 0 Å². The smallest absolute Gasteiger partial charge is 0.243 e. The van der Waals surface area contributed by atoms with Crippen LogP contribution in [0.25, 0.3) is 0 Å². The minimum absolute atomic E-state index is 0.0653. The van der Waals surface area contributed by atoms with Gasteiger partial charge in [0.25, 0.3) is 0 Å². The summed E-state index contributed by atoms with van der Waals surface area (Å²) in [7, 11) is -3.68. The lowest BCUT2D eigenvalue weighted by atomic mass is 10.2. The third kappa shape index (κ3) is 3.74. The fourth-order valence-corrected chi connectivity index (χ4v) is 3.39. The van der Waals surface area contributed by atoms with Gasteiger partial charge in [0.15, 0.2) is 0 Å². The first kappa shape index (κ1) is 15.6. The maximum Gasteiger partial charge on any atom is 0.243 e. The third-order valence-electron chi connectivity index (χ3n) is 2.74. The molecule has 106 valence electrons. The fraction of sp³-hybridized carbons (Fsp3) is 0.417. The molecule has 0 fully saturated rings. The van der Waals surface area contributed by atoms with Crippen LogP contribution in [-0.2, 0) is 10.0 Å². The third-order valence-corrected chi connectivity index (χ3v) is 4.87. The van der Waals surface area contributed by atoms with Crippen LogP contribution in [0.15, 0.2) is 23.1 Å². The largest absolute Gasteiger partial charge is 0.388 e. The van der Waals surface area contributed by atoms with Crippen molar-refractivity contribution in [1.29, 1.82) is 5.41 Å². The van der Waals surface area contributed by atoms with Crippen LogP contribution in [0.2, 0.25) is 0 Å². The Bertz CT molecular complexity index is 572. The second-order valence-electron chi connectivity index (χ2n) is 4.18. The summed E-state index contributed by atoms with van der Waals surface area (Å²) in [6.07, 6.45) is 0.174. The number of nitrogens with zero attached hydrogens (tertiary/aromatic N) is 1. The van der Waals surface area contributed by atoms with Gasteiger partial charge in [-0.25, -0.2) is 12.8 Å². The van der Waals surface area contributed by atoms with E-state index in [-0.39, 0.29) is 30.2 Å². The van der Waals surface area contributed by atoms with Gasteiger partial charge in [-0.2, -0.15) is 4.31 Å². The van der Waals surface area contributed by atoms with Gasteiger partial charge in [-0.15, -0.1) is 0 Å². The number of aryl methyl sites for hydroxylation is 1. The number of sulfonamides is 1. The summed E-state index contributed by atoms with van der Waals surface area (Å²) in [6, 6.07) is 3.57. The molecule has 19 heavy (non-hydrogen) atoms. The van der Waals surface area contributed by atoms with Gasteiger partial charge in [0.1, 0.15) is 5.82 Å². The summed E-state index contributed by atoms with van der Waals surface area (Å²) in [5.41, 5.74) is 5.60. The van der Waals surface area contributed by atoms with Gasteiger partial charge in [-0.3, -0.25) is 5.41 Å². The predicted octanol–water partition coefficient (Wildman–Crippen LogP) is 1.47. The standard InChI is InChI=1S/C12H18FN3O2S/c1-3-16(7-6-12(14)15)19(17,18)11-5-4-10(13)8-9(11)2/h4-5,8H,3,6-7H2,1-2H3,(H3,14,15). The van der Waals surface area contributed by atoms with Crippen LogP contribution in [0.5, 0.6) is 0 Å².